The van der Waals surface area contributed by atoms with Crippen LogP contribution in [0.25, 0.3) is 10.9 Å². The highest BCUT2D eigenvalue weighted by Gasteiger charge is 2.47. The third-order valence-electron chi connectivity index (χ3n) is 6.56. The summed E-state index contributed by atoms with van der Waals surface area (Å²) >= 11 is 3.51. The number of fused-ring (bicyclic) bond motifs is 4. The van der Waals surface area contributed by atoms with Crippen LogP contribution < -0.4 is 0 Å². The van der Waals surface area contributed by atoms with Crippen LogP contribution in [0.4, 0.5) is 0 Å². The Morgan fingerprint density at radius 2 is 1.84 bits per heavy atom. The molecule has 31 heavy (non-hydrogen) atoms. The van der Waals surface area contributed by atoms with Gasteiger partial charge in [-0.05, 0) is 35.7 Å². The number of carbonyl (C=O) groups is 2. The van der Waals surface area contributed by atoms with Gasteiger partial charge in [-0.1, -0.05) is 66.0 Å². The Kier molecular flexibility index (Phi) is 5.34. The van der Waals surface area contributed by atoms with Crippen LogP contribution in [-0.2, 0) is 16.0 Å². The Morgan fingerprint density at radius 1 is 1.06 bits per heavy atom. The number of hydrogen-bond donors (Lipinski definition) is 1. The Hall–Kier alpha value is -2.60. The number of rotatable bonds is 5. The Morgan fingerprint density at radius 3 is 2.61 bits per heavy atom. The molecule has 2 atom stereocenters. The number of nitrogens with one attached hydrogen (secondary N) is 1. The second-order valence-electron chi connectivity index (χ2n) is 8.50. The summed E-state index contributed by atoms with van der Waals surface area (Å²) in [6.45, 7) is 2.97. The third kappa shape index (κ3) is 3.47. The van der Waals surface area contributed by atoms with Crippen molar-refractivity contribution in [1.29, 1.82) is 0 Å². The fourth-order valence-corrected chi connectivity index (χ4v) is 5.32. The van der Waals surface area contributed by atoms with Gasteiger partial charge in [0.15, 0.2) is 0 Å². The maximum absolute atomic E-state index is 13.5. The van der Waals surface area contributed by atoms with Gasteiger partial charge in [0, 0.05) is 34.0 Å². The number of benzene rings is 2. The number of piperazine rings is 1. The highest BCUT2D eigenvalue weighted by Crippen LogP contribution is 2.42. The maximum Gasteiger partial charge on any atom is 0.246 e. The fourth-order valence-electron chi connectivity index (χ4n) is 5.06. The van der Waals surface area contributed by atoms with Crippen molar-refractivity contribution >= 4 is 38.6 Å². The van der Waals surface area contributed by atoms with E-state index in [-0.39, 0.29) is 24.4 Å². The molecule has 2 amide bonds. The molecule has 2 aliphatic rings. The molecule has 0 bridgehead atoms. The van der Waals surface area contributed by atoms with Crippen LogP contribution in [0.2, 0.25) is 0 Å². The van der Waals surface area contributed by atoms with E-state index in [1.807, 2.05) is 41.3 Å². The van der Waals surface area contributed by atoms with Crippen LogP contribution in [0, 0.1) is 0 Å². The van der Waals surface area contributed by atoms with Crippen molar-refractivity contribution in [3.05, 3.63) is 69.8 Å². The number of hydrogen-bond acceptors (Lipinski definition) is 2. The summed E-state index contributed by atoms with van der Waals surface area (Å²) in [6.07, 6.45) is 3.66. The van der Waals surface area contributed by atoms with Crippen LogP contribution in [0.1, 0.15) is 49.0 Å². The molecular formula is C25H26BrN3O2. The van der Waals surface area contributed by atoms with E-state index in [1.165, 1.54) is 0 Å². The van der Waals surface area contributed by atoms with E-state index < -0.39 is 6.04 Å². The molecule has 2 unspecified atom stereocenters. The first-order valence-corrected chi connectivity index (χ1v) is 11.8. The SMILES string of the molecule is CCCCCN1CC(=O)N2C(Cc3c([nH]c4ccccc34)C2c2ccc(Br)cc2)C1=O. The zero-order valence-corrected chi connectivity index (χ0v) is 19.2. The Bertz CT molecular complexity index is 1140. The van der Waals surface area contributed by atoms with Crippen LogP contribution in [0.3, 0.4) is 0 Å². The number of nitrogens with zero attached hydrogens (tertiary/aromatic N) is 2. The zero-order valence-electron chi connectivity index (χ0n) is 17.6. The molecule has 0 radical (unpaired) electrons. The van der Waals surface area contributed by atoms with Crippen molar-refractivity contribution in [3.63, 3.8) is 0 Å². The van der Waals surface area contributed by atoms with E-state index in [2.05, 4.69) is 40.0 Å². The third-order valence-corrected chi connectivity index (χ3v) is 7.09. The van der Waals surface area contributed by atoms with Crippen LogP contribution >= 0.6 is 15.9 Å². The van der Waals surface area contributed by atoms with E-state index in [1.54, 1.807) is 4.90 Å². The molecule has 0 saturated carbocycles. The average molecular weight is 480 g/mol. The van der Waals surface area contributed by atoms with Crippen molar-refractivity contribution in [3.8, 4) is 0 Å². The second kappa shape index (κ2) is 8.15. The minimum Gasteiger partial charge on any atom is -0.356 e. The molecule has 2 aromatic carbocycles. The molecular weight excluding hydrogens is 454 g/mol. The van der Waals surface area contributed by atoms with Crippen LogP contribution in [0.15, 0.2) is 53.0 Å². The minimum atomic E-state index is -0.455. The average Bonchev–Trinajstić information content (AvgIpc) is 3.15. The molecule has 5 nitrogen and oxygen atoms in total. The smallest absolute Gasteiger partial charge is 0.246 e. The van der Waals surface area contributed by atoms with Gasteiger partial charge in [0.05, 0.1) is 12.6 Å². The van der Waals surface area contributed by atoms with Gasteiger partial charge >= 0.3 is 0 Å². The monoisotopic (exact) mass is 479 g/mol. The van der Waals surface area contributed by atoms with E-state index in [0.29, 0.717) is 13.0 Å². The molecule has 1 fully saturated rings. The predicted octanol–water partition coefficient (Wildman–Crippen LogP) is 4.81. The number of aromatic nitrogens is 1. The Balaban J connectivity index is 1.61. The van der Waals surface area contributed by atoms with Gasteiger partial charge in [0.2, 0.25) is 11.8 Å². The molecule has 5 rings (SSSR count). The topological polar surface area (TPSA) is 56.4 Å². The summed E-state index contributed by atoms with van der Waals surface area (Å²) in [7, 11) is 0. The molecule has 6 heteroatoms. The van der Waals surface area contributed by atoms with E-state index in [4.69, 9.17) is 0 Å². The number of carbonyl (C=O) groups excluding carboxylic acids is 2. The van der Waals surface area contributed by atoms with E-state index >= 15 is 0 Å². The number of H-pyrrole nitrogens is 1. The molecule has 1 N–H and O–H groups in total. The molecule has 2 aliphatic heterocycles. The van der Waals surface area contributed by atoms with Crippen molar-refractivity contribution in [2.24, 2.45) is 0 Å². The summed E-state index contributed by atoms with van der Waals surface area (Å²) in [6, 6.07) is 15.5. The Labute approximate surface area is 190 Å². The largest absolute Gasteiger partial charge is 0.356 e. The van der Waals surface area contributed by atoms with E-state index in [0.717, 1.165) is 51.5 Å². The molecule has 1 saturated heterocycles. The summed E-state index contributed by atoms with van der Waals surface area (Å²) in [5.74, 6) is 0.104. The second-order valence-corrected chi connectivity index (χ2v) is 9.42. The number of aromatic amines is 1. The summed E-state index contributed by atoms with van der Waals surface area (Å²) in [5, 5.41) is 1.14. The lowest BCUT2D eigenvalue weighted by molar-refractivity contribution is -0.158. The van der Waals surface area contributed by atoms with Gasteiger partial charge in [-0.25, -0.2) is 0 Å². The van der Waals surface area contributed by atoms with Gasteiger partial charge in [0.25, 0.3) is 0 Å². The number of amides is 2. The maximum atomic E-state index is 13.5. The fraction of sp³-hybridized carbons (Fsp3) is 0.360. The summed E-state index contributed by atoms with van der Waals surface area (Å²) in [5.41, 5.74) is 4.25. The molecule has 1 aromatic heterocycles. The van der Waals surface area contributed by atoms with Crippen molar-refractivity contribution in [2.45, 2.75) is 44.7 Å². The molecule has 160 valence electrons. The van der Waals surface area contributed by atoms with Crippen molar-refractivity contribution in [2.75, 3.05) is 13.1 Å². The minimum absolute atomic E-state index is 0.0262. The van der Waals surface area contributed by atoms with Crippen LogP contribution in [0.5, 0.6) is 0 Å². The summed E-state index contributed by atoms with van der Waals surface area (Å²) in [4.78, 5) is 34.1. The van der Waals surface area contributed by atoms with Crippen molar-refractivity contribution in [1.82, 2.24) is 14.8 Å². The normalized spacial score (nSPS) is 20.8. The zero-order chi connectivity index (χ0) is 21.5. The van der Waals surface area contributed by atoms with Gasteiger partial charge < -0.3 is 14.8 Å². The first kappa shape index (κ1) is 20.3. The highest BCUT2D eigenvalue weighted by molar-refractivity contribution is 9.10. The predicted molar refractivity (Wildman–Crippen MR) is 125 cm³/mol. The lowest BCUT2D eigenvalue weighted by atomic mass is 9.86. The summed E-state index contributed by atoms with van der Waals surface area (Å²) < 4.78 is 0.989. The number of para-hydroxylation sites is 1. The van der Waals surface area contributed by atoms with Gasteiger partial charge in [-0.2, -0.15) is 0 Å². The lowest BCUT2D eigenvalue weighted by Crippen LogP contribution is -2.63. The number of unbranched alkanes of at least 4 members (excludes halogenated alkanes) is 2. The first-order chi connectivity index (χ1) is 15.1. The standard InChI is InChI=1S/C25H26BrN3O2/c1-2-3-6-13-28-15-22(30)29-21(25(28)31)14-19-18-7-4-5-8-20(18)27-23(19)24(29)16-9-11-17(26)12-10-16/h4-5,7-12,21,24,27H,2-3,6,13-15H2,1H3. The molecule has 3 aromatic rings. The highest BCUT2D eigenvalue weighted by atomic mass is 79.9. The first-order valence-electron chi connectivity index (χ1n) is 11.0. The van der Waals surface area contributed by atoms with Gasteiger partial charge in [-0.15, -0.1) is 0 Å². The van der Waals surface area contributed by atoms with E-state index in [9.17, 15) is 9.59 Å². The van der Waals surface area contributed by atoms with Gasteiger partial charge in [0.1, 0.15) is 6.04 Å². The number of halogens is 1. The quantitative estimate of drug-likeness (QED) is 0.534. The lowest BCUT2D eigenvalue weighted by Gasteiger charge is -2.47. The van der Waals surface area contributed by atoms with Crippen molar-refractivity contribution < 1.29 is 9.59 Å². The molecule has 3 heterocycles. The van der Waals surface area contributed by atoms with Gasteiger partial charge in [-0.3, -0.25) is 9.59 Å². The molecule has 0 spiro atoms. The molecule has 0 aliphatic carbocycles. The van der Waals surface area contributed by atoms with Crippen LogP contribution in [-0.4, -0.2) is 45.7 Å².